The zero-order valence-electron chi connectivity index (χ0n) is 15.1. The van der Waals surface area contributed by atoms with Crippen molar-refractivity contribution in [1.29, 1.82) is 0 Å². The number of ketones is 1. The third kappa shape index (κ3) is 7.57. The quantitative estimate of drug-likeness (QED) is 0.231. The van der Waals surface area contributed by atoms with Gasteiger partial charge in [-0.2, -0.15) is 0 Å². The van der Waals surface area contributed by atoms with E-state index < -0.39 is 16.7 Å². The molecule has 27 heavy (non-hydrogen) atoms. The third-order valence-corrected chi connectivity index (χ3v) is 3.73. The first-order valence-corrected chi connectivity index (χ1v) is 9.02. The highest BCUT2D eigenvalue weighted by atomic mass is 79.9. The van der Waals surface area contributed by atoms with Gasteiger partial charge in [0.1, 0.15) is 11.2 Å². The van der Waals surface area contributed by atoms with Gasteiger partial charge in [0.25, 0.3) is 5.69 Å². The number of carboxylic acid groups (broad SMARTS) is 1. The Kier molecular flexibility index (Phi) is 8.11. The van der Waals surface area contributed by atoms with Crippen molar-refractivity contribution in [3.63, 3.8) is 0 Å². The number of nitro groups is 1. The maximum absolute atomic E-state index is 12.3. The summed E-state index contributed by atoms with van der Waals surface area (Å²) in [6.45, 7) is 5.04. The van der Waals surface area contributed by atoms with Crippen LogP contribution in [0.5, 0.6) is 0 Å². The number of halogens is 1. The summed E-state index contributed by atoms with van der Waals surface area (Å²) in [5.74, 6) is -0.338. The minimum absolute atomic E-state index is 0.119. The SMILES string of the molecule is CC(C)(C)OC(=O)O.O=C(c1ccccc1)c1cc(CBr)ccc1[N+](=O)[O-]. The largest absolute Gasteiger partial charge is 0.506 e. The molecular formula is C19H20BrNO6. The Balaban J connectivity index is 0.000000387. The predicted molar refractivity (Wildman–Crippen MR) is 104 cm³/mol. The highest BCUT2D eigenvalue weighted by Gasteiger charge is 2.21. The average molecular weight is 438 g/mol. The van der Waals surface area contributed by atoms with Gasteiger partial charge in [-0.1, -0.05) is 52.3 Å². The van der Waals surface area contributed by atoms with E-state index in [-0.39, 0.29) is 17.0 Å². The Morgan fingerprint density at radius 1 is 1.15 bits per heavy atom. The van der Waals surface area contributed by atoms with E-state index in [2.05, 4.69) is 20.7 Å². The summed E-state index contributed by atoms with van der Waals surface area (Å²) < 4.78 is 4.35. The van der Waals surface area contributed by atoms with Crippen LogP contribution >= 0.6 is 15.9 Å². The summed E-state index contributed by atoms with van der Waals surface area (Å²) in [4.78, 5) is 32.6. The molecule has 0 aliphatic carbocycles. The van der Waals surface area contributed by atoms with Gasteiger partial charge in [0, 0.05) is 17.0 Å². The minimum Gasteiger partial charge on any atom is -0.450 e. The highest BCUT2D eigenvalue weighted by Crippen LogP contribution is 2.24. The fraction of sp³-hybridized carbons (Fsp3) is 0.263. The molecule has 2 rings (SSSR count). The first-order chi connectivity index (χ1) is 12.5. The van der Waals surface area contributed by atoms with Gasteiger partial charge in [-0.05, 0) is 32.4 Å². The van der Waals surface area contributed by atoms with E-state index in [0.717, 1.165) is 5.56 Å². The summed E-state index contributed by atoms with van der Waals surface area (Å²) in [6.07, 6.45) is -1.22. The predicted octanol–water partition coefficient (Wildman–Crippen LogP) is 5.20. The molecule has 7 nitrogen and oxygen atoms in total. The Labute approximate surface area is 165 Å². The lowest BCUT2D eigenvalue weighted by atomic mass is 10.00. The number of carbonyl (C=O) groups is 2. The molecular weight excluding hydrogens is 418 g/mol. The van der Waals surface area contributed by atoms with Crippen LogP contribution in [-0.2, 0) is 10.1 Å². The molecule has 0 unspecified atom stereocenters. The van der Waals surface area contributed by atoms with E-state index in [1.54, 1.807) is 63.2 Å². The molecule has 0 aromatic heterocycles. The zero-order valence-corrected chi connectivity index (χ0v) is 16.7. The molecule has 0 atom stereocenters. The van der Waals surface area contributed by atoms with Gasteiger partial charge in [-0.15, -0.1) is 0 Å². The van der Waals surface area contributed by atoms with Crippen molar-refractivity contribution in [2.24, 2.45) is 0 Å². The van der Waals surface area contributed by atoms with Crippen molar-refractivity contribution in [2.75, 3.05) is 0 Å². The lowest BCUT2D eigenvalue weighted by Gasteiger charge is -2.15. The molecule has 0 amide bonds. The minimum atomic E-state index is -1.22. The molecule has 0 aliphatic heterocycles. The standard InChI is InChI=1S/C14H10BrNO3.C5H10O3/c15-9-10-6-7-13(16(18)19)12(8-10)14(17)11-4-2-1-3-5-11;1-5(2,3)8-4(6)7/h1-8H,9H2;1-3H3,(H,6,7). The van der Waals surface area contributed by atoms with Crippen molar-refractivity contribution in [1.82, 2.24) is 0 Å². The lowest BCUT2D eigenvalue weighted by molar-refractivity contribution is -0.385. The van der Waals surface area contributed by atoms with Crippen LogP contribution in [0.25, 0.3) is 0 Å². The van der Waals surface area contributed by atoms with E-state index >= 15 is 0 Å². The first kappa shape index (κ1) is 22.3. The molecule has 2 aromatic carbocycles. The van der Waals surface area contributed by atoms with Crippen LogP contribution in [0, 0.1) is 10.1 Å². The Bertz CT molecular complexity index is 815. The topological polar surface area (TPSA) is 107 Å². The fourth-order valence-corrected chi connectivity index (χ4v) is 2.36. The van der Waals surface area contributed by atoms with Crippen molar-refractivity contribution >= 4 is 33.6 Å². The monoisotopic (exact) mass is 437 g/mol. The molecule has 0 aliphatic rings. The van der Waals surface area contributed by atoms with E-state index in [0.29, 0.717) is 10.9 Å². The number of benzene rings is 2. The lowest BCUT2D eigenvalue weighted by Crippen LogP contribution is -2.22. The first-order valence-electron chi connectivity index (χ1n) is 7.90. The van der Waals surface area contributed by atoms with Crippen molar-refractivity contribution in [3.05, 3.63) is 75.3 Å². The van der Waals surface area contributed by atoms with E-state index in [1.165, 1.54) is 6.07 Å². The summed E-state index contributed by atoms with van der Waals surface area (Å²) in [5, 5.41) is 19.6. The molecule has 8 heteroatoms. The van der Waals surface area contributed by atoms with Crippen LogP contribution < -0.4 is 0 Å². The number of nitro benzene ring substituents is 1. The molecule has 0 radical (unpaired) electrons. The van der Waals surface area contributed by atoms with Crippen molar-refractivity contribution in [2.45, 2.75) is 31.7 Å². The number of rotatable bonds is 4. The smallest absolute Gasteiger partial charge is 0.450 e. The number of hydrogen-bond acceptors (Lipinski definition) is 5. The Morgan fingerprint density at radius 2 is 1.74 bits per heavy atom. The van der Waals surface area contributed by atoms with Crippen molar-refractivity contribution in [3.8, 4) is 0 Å². The van der Waals surface area contributed by atoms with E-state index in [9.17, 15) is 19.7 Å². The van der Waals surface area contributed by atoms with Gasteiger partial charge in [0.05, 0.1) is 4.92 Å². The van der Waals surface area contributed by atoms with E-state index in [4.69, 9.17) is 5.11 Å². The summed E-state index contributed by atoms with van der Waals surface area (Å²) in [7, 11) is 0. The van der Waals surface area contributed by atoms with Gasteiger partial charge in [0.15, 0.2) is 5.78 Å². The van der Waals surface area contributed by atoms with Crippen LogP contribution in [0.2, 0.25) is 0 Å². The number of alkyl halides is 1. The Hall–Kier alpha value is -2.74. The third-order valence-electron chi connectivity index (χ3n) is 3.09. The molecule has 0 heterocycles. The molecule has 0 spiro atoms. The molecule has 0 saturated heterocycles. The number of nitrogens with zero attached hydrogens (tertiary/aromatic N) is 1. The van der Waals surface area contributed by atoms with E-state index in [1.807, 2.05) is 0 Å². The highest BCUT2D eigenvalue weighted by molar-refractivity contribution is 9.08. The fourth-order valence-electron chi connectivity index (χ4n) is 2.01. The van der Waals surface area contributed by atoms with Crippen LogP contribution in [0.4, 0.5) is 10.5 Å². The van der Waals surface area contributed by atoms with Gasteiger partial charge < -0.3 is 9.84 Å². The average Bonchev–Trinajstić information content (AvgIpc) is 2.59. The second-order valence-electron chi connectivity index (χ2n) is 6.42. The number of hydrogen-bond donors (Lipinski definition) is 1. The molecule has 1 N–H and O–H groups in total. The summed E-state index contributed by atoms with van der Waals surface area (Å²) in [5.41, 5.74) is 0.639. The second kappa shape index (κ2) is 9.82. The maximum Gasteiger partial charge on any atom is 0.506 e. The van der Waals surface area contributed by atoms with Crippen LogP contribution in [0.15, 0.2) is 48.5 Å². The normalized spacial score (nSPS) is 10.4. The zero-order chi connectivity index (χ0) is 20.6. The molecule has 0 fully saturated rings. The second-order valence-corrected chi connectivity index (χ2v) is 6.98. The summed E-state index contributed by atoms with van der Waals surface area (Å²) in [6, 6.07) is 13.1. The molecule has 0 bridgehead atoms. The summed E-state index contributed by atoms with van der Waals surface area (Å²) >= 11 is 3.28. The maximum atomic E-state index is 12.3. The van der Waals surface area contributed by atoms with Gasteiger partial charge in [0.2, 0.25) is 0 Å². The number of carbonyl (C=O) groups excluding carboxylic acids is 1. The van der Waals surface area contributed by atoms with Crippen LogP contribution in [0.1, 0.15) is 42.3 Å². The molecule has 0 saturated carbocycles. The van der Waals surface area contributed by atoms with Crippen molar-refractivity contribution < 1.29 is 24.4 Å². The van der Waals surface area contributed by atoms with Gasteiger partial charge in [-0.3, -0.25) is 14.9 Å². The molecule has 2 aromatic rings. The number of ether oxygens (including phenoxy) is 1. The van der Waals surface area contributed by atoms with Crippen LogP contribution in [0.3, 0.4) is 0 Å². The van der Waals surface area contributed by atoms with Gasteiger partial charge >= 0.3 is 6.16 Å². The molecule has 144 valence electrons. The van der Waals surface area contributed by atoms with Crippen LogP contribution in [-0.4, -0.2) is 27.6 Å². The Morgan fingerprint density at radius 3 is 2.15 bits per heavy atom. The van der Waals surface area contributed by atoms with Gasteiger partial charge in [-0.25, -0.2) is 4.79 Å².